The number of para-hydroxylation sites is 1. The van der Waals surface area contributed by atoms with E-state index in [4.69, 9.17) is 9.73 Å². The number of benzene rings is 3. The monoisotopic (exact) mass is 340 g/mol. The molecule has 0 aliphatic carbocycles. The average molecular weight is 340 g/mol. The van der Waals surface area contributed by atoms with Crippen molar-refractivity contribution < 1.29 is 4.74 Å². The van der Waals surface area contributed by atoms with Gasteiger partial charge in [-0.1, -0.05) is 73.3 Å². The molecule has 4 rings (SSSR count). The Kier molecular flexibility index (Phi) is 4.52. The summed E-state index contributed by atoms with van der Waals surface area (Å²) in [5.41, 5.74) is 5.45. The maximum Gasteiger partial charge on any atom is 0.145 e. The SMILES string of the molecule is C=CCOc1ccc(C2N=C(c3ccccc3)c3ccccc3N2)cc1. The standard InChI is InChI=1S/C23H20N2O/c1-2-16-26-19-14-12-18(13-15-19)23-24-21-11-7-6-10-20(21)22(25-23)17-8-4-3-5-9-17/h2-15,23-24H,1,16H2. The van der Waals surface area contributed by atoms with Gasteiger partial charge in [0.2, 0.25) is 0 Å². The molecule has 1 unspecified atom stereocenters. The highest BCUT2D eigenvalue weighted by Crippen LogP contribution is 2.32. The van der Waals surface area contributed by atoms with Crippen LogP contribution >= 0.6 is 0 Å². The molecule has 128 valence electrons. The third-order valence-corrected chi connectivity index (χ3v) is 4.34. The van der Waals surface area contributed by atoms with Crippen molar-refractivity contribution in [2.24, 2.45) is 4.99 Å². The Morgan fingerprint density at radius 2 is 1.65 bits per heavy atom. The lowest BCUT2D eigenvalue weighted by atomic mass is 9.97. The summed E-state index contributed by atoms with van der Waals surface area (Å²) in [6.07, 6.45) is 1.61. The summed E-state index contributed by atoms with van der Waals surface area (Å²) in [6, 6.07) is 26.7. The lowest BCUT2D eigenvalue weighted by molar-refractivity contribution is 0.363. The highest BCUT2D eigenvalue weighted by molar-refractivity contribution is 6.16. The molecule has 0 bridgehead atoms. The zero-order valence-electron chi connectivity index (χ0n) is 14.4. The Bertz CT molecular complexity index is 930. The van der Waals surface area contributed by atoms with Gasteiger partial charge in [0.05, 0.1) is 5.71 Å². The molecule has 1 aliphatic heterocycles. The number of fused-ring (bicyclic) bond motifs is 1. The van der Waals surface area contributed by atoms with E-state index < -0.39 is 0 Å². The fraction of sp³-hybridized carbons (Fsp3) is 0.0870. The summed E-state index contributed by atoms with van der Waals surface area (Å²) in [4.78, 5) is 5.00. The van der Waals surface area contributed by atoms with E-state index in [1.54, 1.807) is 6.08 Å². The first-order valence-corrected chi connectivity index (χ1v) is 8.68. The van der Waals surface area contributed by atoms with Crippen LogP contribution in [-0.2, 0) is 0 Å². The van der Waals surface area contributed by atoms with Crippen LogP contribution in [0.25, 0.3) is 0 Å². The molecule has 3 aromatic carbocycles. The van der Waals surface area contributed by atoms with E-state index in [0.717, 1.165) is 33.8 Å². The van der Waals surface area contributed by atoms with Gasteiger partial charge in [0, 0.05) is 16.8 Å². The van der Waals surface area contributed by atoms with Crippen LogP contribution in [0.15, 0.2) is 96.5 Å². The summed E-state index contributed by atoms with van der Waals surface area (Å²) < 4.78 is 5.57. The van der Waals surface area contributed by atoms with E-state index in [9.17, 15) is 0 Å². The first-order valence-electron chi connectivity index (χ1n) is 8.68. The lowest BCUT2D eigenvalue weighted by Crippen LogP contribution is -2.20. The summed E-state index contributed by atoms with van der Waals surface area (Å²) in [7, 11) is 0. The van der Waals surface area contributed by atoms with Crippen molar-refractivity contribution in [3.05, 3.63) is 108 Å². The molecule has 26 heavy (non-hydrogen) atoms. The van der Waals surface area contributed by atoms with Crippen LogP contribution < -0.4 is 10.1 Å². The maximum atomic E-state index is 5.57. The third-order valence-electron chi connectivity index (χ3n) is 4.34. The van der Waals surface area contributed by atoms with Gasteiger partial charge >= 0.3 is 0 Å². The van der Waals surface area contributed by atoms with Gasteiger partial charge in [-0.15, -0.1) is 0 Å². The number of hydrogen-bond acceptors (Lipinski definition) is 3. The van der Waals surface area contributed by atoms with Crippen LogP contribution in [0, 0.1) is 0 Å². The van der Waals surface area contributed by atoms with Gasteiger partial charge in [-0.25, -0.2) is 0 Å². The number of nitrogens with one attached hydrogen (secondary N) is 1. The average Bonchev–Trinajstić information content (AvgIpc) is 2.72. The highest BCUT2D eigenvalue weighted by Gasteiger charge is 2.22. The predicted molar refractivity (Wildman–Crippen MR) is 107 cm³/mol. The molecule has 1 atom stereocenters. The van der Waals surface area contributed by atoms with Crippen molar-refractivity contribution in [3.63, 3.8) is 0 Å². The van der Waals surface area contributed by atoms with Gasteiger partial charge in [0.1, 0.15) is 18.5 Å². The molecule has 0 amide bonds. The predicted octanol–water partition coefficient (Wildman–Crippen LogP) is 5.21. The molecule has 1 heterocycles. The van der Waals surface area contributed by atoms with Crippen molar-refractivity contribution in [2.45, 2.75) is 6.17 Å². The van der Waals surface area contributed by atoms with Crippen LogP contribution in [0.2, 0.25) is 0 Å². The molecule has 0 saturated carbocycles. The number of rotatable bonds is 5. The molecule has 0 spiro atoms. The Labute approximate surface area is 153 Å². The summed E-state index contributed by atoms with van der Waals surface area (Å²) in [5.74, 6) is 0.831. The second kappa shape index (κ2) is 7.28. The molecule has 0 fully saturated rings. The van der Waals surface area contributed by atoms with Gasteiger partial charge in [-0.2, -0.15) is 0 Å². The number of hydrogen-bond donors (Lipinski definition) is 1. The van der Waals surface area contributed by atoms with Gasteiger partial charge in [0.15, 0.2) is 0 Å². The maximum absolute atomic E-state index is 5.57. The van der Waals surface area contributed by atoms with Gasteiger partial charge < -0.3 is 10.1 Å². The van der Waals surface area contributed by atoms with E-state index in [2.05, 4.69) is 48.3 Å². The summed E-state index contributed by atoms with van der Waals surface area (Å²) in [6.45, 7) is 4.18. The van der Waals surface area contributed by atoms with Crippen LogP contribution in [0.3, 0.4) is 0 Å². The molecule has 0 aromatic heterocycles. The van der Waals surface area contributed by atoms with E-state index in [1.807, 2.05) is 42.5 Å². The molecular weight excluding hydrogens is 320 g/mol. The fourth-order valence-corrected chi connectivity index (χ4v) is 3.08. The number of ether oxygens (including phenoxy) is 1. The topological polar surface area (TPSA) is 33.6 Å². The van der Waals surface area contributed by atoms with E-state index in [-0.39, 0.29) is 6.17 Å². The van der Waals surface area contributed by atoms with Crippen LogP contribution in [0.1, 0.15) is 22.9 Å². The van der Waals surface area contributed by atoms with Crippen molar-refractivity contribution in [1.82, 2.24) is 0 Å². The molecular formula is C23H20N2O. The second-order valence-corrected chi connectivity index (χ2v) is 6.10. The molecule has 0 saturated heterocycles. The van der Waals surface area contributed by atoms with Crippen LogP contribution in [0.5, 0.6) is 5.75 Å². The van der Waals surface area contributed by atoms with Crippen molar-refractivity contribution in [2.75, 3.05) is 11.9 Å². The fourth-order valence-electron chi connectivity index (χ4n) is 3.08. The molecule has 0 radical (unpaired) electrons. The van der Waals surface area contributed by atoms with Crippen LogP contribution in [0.4, 0.5) is 5.69 Å². The summed E-state index contributed by atoms with van der Waals surface area (Å²) >= 11 is 0. The quantitative estimate of drug-likeness (QED) is 0.647. The first-order chi connectivity index (χ1) is 12.8. The van der Waals surface area contributed by atoms with E-state index >= 15 is 0 Å². The number of nitrogens with zero attached hydrogens (tertiary/aromatic N) is 1. The Balaban J connectivity index is 1.70. The largest absolute Gasteiger partial charge is 0.490 e. The Morgan fingerprint density at radius 1 is 0.923 bits per heavy atom. The molecule has 3 aromatic rings. The normalized spacial score (nSPS) is 15.4. The minimum absolute atomic E-state index is 0.131. The van der Waals surface area contributed by atoms with Gasteiger partial charge in [-0.3, -0.25) is 4.99 Å². The van der Waals surface area contributed by atoms with E-state index in [0.29, 0.717) is 6.61 Å². The zero-order chi connectivity index (χ0) is 17.8. The highest BCUT2D eigenvalue weighted by atomic mass is 16.5. The molecule has 3 heteroatoms. The van der Waals surface area contributed by atoms with E-state index in [1.165, 1.54) is 0 Å². The summed E-state index contributed by atoms with van der Waals surface area (Å²) in [5, 5.41) is 3.53. The number of anilines is 1. The third kappa shape index (κ3) is 3.24. The lowest BCUT2D eigenvalue weighted by Gasteiger charge is -2.26. The van der Waals surface area contributed by atoms with Gasteiger partial charge in [-0.05, 0) is 23.8 Å². The molecule has 1 N–H and O–H groups in total. The van der Waals surface area contributed by atoms with Crippen molar-refractivity contribution in [1.29, 1.82) is 0 Å². The van der Waals surface area contributed by atoms with Gasteiger partial charge in [0.25, 0.3) is 0 Å². The Hall–Kier alpha value is -3.33. The zero-order valence-corrected chi connectivity index (χ0v) is 14.4. The Morgan fingerprint density at radius 3 is 2.42 bits per heavy atom. The smallest absolute Gasteiger partial charge is 0.145 e. The molecule has 1 aliphatic rings. The second-order valence-electron chi connectivity index (χ2n) is 6.10. The van der Waals surface area contributed by atoms with Crippen LogP contribution in [-0.4, -0.2) is 12.3 Å². The molecule has 3 nitrogen and oxygen atoms in total. The number of aliphatic imine (C=N–C) groups is 1. The van der Waals surface area contributed by atoms with Crippen molar-refractivity contribution >= 4 is 11.4 Å². The minimum Gasteiger partial charge on any atom is -0.490 e. The van der Waals surface area contributed by atoms with Crippen molar-refractivity contribution in [3.8, 4) is 5.75 Å². The minimum atomic E-state index is -0.131. The first kappa shape index (κ1) is 16.2.